The Morgan fingerprint density at radius 2 is 1.74 bits per heavy atom. The highest BCUT2D eigenvalue weighted by atomic mass is 19.1. The lowest BCUT2D eigenvalue weighted by atomic mass is 10.2. The quantitative estimate of drug-likeness (QED) is 0.240. The minimum absolute atomic E-state index is 0.260. The molecule has 3 aromatic rings. The lowest BCUT2D eigenvalue weighted by Gasteiger charge is -2.13. The second-order valence-electron chi connectivity index (χ2n) is 6.98. The van der Waals surface area contributed by atoms with Crippen LogP contribution in [0.1, 0.15) is 18.1 Å². The lowest BCUT2D eigenvalue weighted by Crippen LogP contribution is -2.24. The SMILES string of the molecule is CCOc1cc(/C=N/NC(=O)COc2ccccc2C#N)ccc1OCCOc1ccc(F)cc1. The van der Waals surface area contributed by atoms with Crippen LogP contribution >= 0.6 is 0 Å². The maximum Gasteiger partial charge on any atom is 0.277 e. The van der Waals surface area contributed by atoms with Gasteiger partial charge in [-0.3, -0.25) is 4.79 Å². The van der Waals surface area contributed by atoms with Crippen LogP contribution in [0.3, 0.4) is 0 Å². The Morgan fingerprint density at radius 3 is 2.51 bits per heavy atom. The molecule has 0 aromatic heterocycles. The number of hydrogen-bond donors (Lipinski definition) is 1. The maximum atomic E-state index is 12.9. The molecule has 0 bridgehead atoms. The Balaban J connectivity index is 1.49. The number of ether oxygens (including phenoxy) is 4. The number of hydrogen-bond acceptors (Lipinski definition) is 7. The molecule has 1 N–H and O–H groups in total. The normalized spacial score (nSPS) is 10.4. The summed E-state index contributed by atoms with van der Waals surface area (Å²) in [6.07, 6.45) is 1.46. The standard InChI is InChI=1S/C26H24FN3O5/c1-2-32-25-15-19(7-12-24(25)34-14-13-33-22-10-8-21(27)9-11-22)17-29-30-26(31)18-35-23-6-4-3-5-20(23)16-28/h3-12,15,17H,2,13-14,18H2,1H3,(H,30,31)/b29-17+. The van der Waals surface area contributed by atoms with Crippen molar-refractivity contribution in [1.29, 1.82) is 5.26 Å². The largest absolute Gasteiger partial charge is 0.490 e. The zero-order chi connectivity index (χ0) is 24.9. The first-order valence-corrected chi connectivity index (χ1v) is 10.8. The molecule has 0 spiro atoms. The first-order valence-electron chi connectivity index (χ1n) is 10.8. The predicted molar refractivity (Wildman–Crippen MR) is 127 cm³/mol. The molecule has 180 valence electrons. The van der Waals surface area contributed by atoms with Gasteiger partial charge in [-0.05, 0) is 67.1 Å². The number of nitriles is 1. The first kappa shape index (κ1) is 25.1. The number of carbonyl (C=O) groups is 1. The van der Waals surface area contributed by atoms with Crippen LogP contribution in [-0.4, -0.2) is 38.5 Å². The van der Waals surface area contributed by atoms with Crippen molar-refractivity contribution in [3.8, 4) is 29.1 Å². The lowest BCUT2D eigenvalue weighted by molar-refractivity contribution is -0.123. The molecule has 0 saturated carbocycles. The molecule has 0 unspecified atom stereocenters. The fourth-order valence-corrected chi connectivity index (χ4v) is 2.87. The summed E-state index contributed by atoms with van der Waals surface area (Å²) in [6.45, 7) is 2.53. The summed E-state index contributed by atoms with van der Waals surface area (Å²) in [6, 6.07) is 19.6. The number of para-hydroxylation sites is 1. The van der Waals surface area contributed by atoms with Gasteiger partial charge in [0.2, 0.25) is 0 Å². The Hall–Kier alpha value is -4.58. The predicted octanol–water partition coefficient (Wildman–Crippen LogP) is 4.08. The number of carbonyl (C=O) groups excluding carboxylic acids is 1. The molecule has 0 atom stereocenters. The smallest absolute Gasteiger partial charge is 0.277 e. The van der Waals surface area contributed by atoms with Crippen LogP contribution in [0.15, 0.2) is 71.8 Å². The van der Waals surface area contributed by atoms with E-state index in [9.17, 15) is 9.18 Å². The van der Waals surface area contributed by atoms with Crippen molar-refractivity contribution in [3.63, 3.8) is 0 Å². The van der Waals surface area contributed by atoms with E-state index in [-0.39, 0.29) is 25.6 Å². The van der Waals surface area contributed by atoms with Crippen molar-refractivity contribution < 1.29 is 28.1 Å². The van der Waals surface area contributed by atoms with Gasteiger partial charge in [0.1, 0.15) is 36.6 Å². The van der Waals surface area contributed by atoms with Crippen molar-refractivity contribution >= 4 is 12.1 Å². The second kappa shape index (κ2) is 13.2. The molecule has 0 saturated heterocycles. The molecular formula is C26H24FN3O5. The van der Waals surface area contributed by atoms with E-state index in [1.165, 1.54) is 18.3 Å². The minimum atomic E-state index is -0.472. The van der Waals surface area contributed by atoms with Gasteiger partial charge in [-0.15, -0.1) is 0 Å². The first-order chi connectivity index (χ1) is 17.1. The summed E-state index contributed by atoms with van der Waals surface area (Å²) in [5.41, 5.74) is 3.40. The van der Waals surface area contributed by atoms with E-state index in [1.807, 2.05) is 13.0 Å². The van der Waals surface area contributed by atoms with E-state index < -0.39 is 5.91 Å². The van der Waals surface area contributed by atoms with Crippen LogP contribution in [0.25, 0.3) is 0 Å². The third-order valence-corrected chi connectivity index (χ3v) is 4.46. The van der Waals surface area contributed by atoms with Gasteiger partial charge in [0.25, 0.3) is 5.91 Å². The molecule has 3 aromatic carbocycles. The monoisotopic (exact) mass is 477 g/mol. The number of nitrogens with zero attached hydrogens (tertiary/aromatic N) is 2. The van der Waals surface area contributed by atoms with E-state index >= 15 is 0 Å². The summed E-state index contributed by atoms with van der Waals surface area (Å²) in [7, 11) is 0. The third kappa shape index (κ3) is 8.05. The Kier molecular flexibility index (Phi) is 9.45. The van der Waals surface area contributed by atoms with Gasteiger partial charge >= 0.3 is 0 Å². The Bertz CT molecular complexity index is 1190. The van der Waals surface area contributed by atoms with Crippen LogP contribution in [0.4, 0.5) is 4.39 Å². The van der Waals surface area contributed by atoms with E-state index in [0.29, 0.717) is 40.7 Å². The molecular weight excluding hydrogens is 453 g/mol. The van der Waals surface area contributed by atoms with Crippen molar-refractivity contribution in [3.05, 3.63) is 83.7 Å². The Morgan fingerprint density at radius 1 is 0.971 bits per heavy atom. The van der Waals surface area contributed by atoms with Crippen molar-refractivity contribution in [1.82, 2.24) is 5.43 Å². The molecule has 35 heavy (non-hydrogen) atoms. The van der Waals surface area contributed by atoms with Gasteiger partial charge in [0.15, 0.2) is 18.1 Å². The average Bonchev–Trinajstić information content (AvgIpc) is 2.87. The summed E-state index contributed by atoms with van der Waals surface area (Å²) in [5.74, 6) is 1.12. The highest BCUT2D eigenvalue weighted by Crippen LogP contribution is 2.28. The van der Waals surface area contributed by atoms with Crippen molar-refractivity contribution in [2.45, 2.75) is 6.92 Å². The summed E-state index contributed by atoms with van der Waals surface area (Å²) in [5, 5.41) is 13.0. The Labute approximate surface area is 202 Å². The topological polar surface area (TPSA) is 102 Å². The number of halogens is 1. The fourth-order valence-electron chi connectivity index (χ4n) is 2.87. The van der Waals surface area contributed by atoms with E-state index in [1.54, 1.807) is 54.6 Å². The number of rotatable bonds is 12. The molecule has 0 heterocycles. The minimum Gasteiger partial charge on any atom is -0.490 e. The van der Waals surface area contributed by atoms with Crippen LogP contribution < -0.4 is 24.4 Å². The number of benzene rings is 3. The molecule has 9 heteroatoms. The van der Waals surface area contributed by atoms with Gasteiger partial charge in [0, 0.05) is 0 Å². The van der Waals surface area contributed by atoms with Crippen LogP contribution in [0, 0.1) is 17.1 Å². The van der Waals surface area contributed by atoms with Gasteiger partial charge in [0.05, 0.1) is 18.4 Å². The highest BCUT2D eigenvalue weighted by Gasteiger charge is 2.08. The summed E-state index contributed by atoms with van der Waals surface area (Å²) >= 11 is 0. The van der Waals surface area contributed by atoms with E-state index in [0.717, 1.165) is 0 Å². The maximum absolute atomic E-state index is 12.9. The van der Waals surface area contributed by atoms with E-state index in [2.05, 4.69) is 10.5 Å². The number of amides is 1. The van der Waals surface area contributed by atoms with Crippen LogP contribution in [-0.2, 0) is 4.79 Å². The molecule has 0 aliphatic carbocycles. The molecule has 8 nitrogen and oxygen atoms in total. The average molecular weight is 477 g/mol. The zero-order valence-electron chi connectivity index (χ0n) is 19.1. The van der Waals surface area contributed by atoms with Gasteiger partial charge < -0.3 is 18.9 Å². The summed E-state index contributed by atoms with van der Waals surface area (Å²) < 4.78 is 35.2. The van der Waals surface area contributed by atoms with Gasteiger partial charge in [-0.25, -0.2) is 9.82 Å². The molecule has 0 radical (unpaired) electrons. The molecule has 0 aliphatic heterocycles. The molecule has 1 amide bonds. The highest BCUT2D eigenvalue weighted by molar-refractivity contribution is 5.83. The third-order valence-electron chi connectivity index (χ3n) is 4.46. The van der Waals surface area contributed by atoms with E-state index in [4.69, 9.17) is 24.2 Å². The second-order valence-corrected chi connectivity index (χ2v) is 6.98. The zero-order valence-corrected chi connectivity index (χ0v) is 19.1. The van der Waals surface area contributed by atoms with Crippen molar-refractivity contribution in [2.75, 3.05) is 26.4 Å². The van der Waals surface area contributed by atoms with Crippen LogP contribution in [0.5, 0.6) is 23.0 Å². The number of hydrazone groups is 1. The van der Waals surface area contributed by atoms with Crippen LogP contribution in [0.2, 0.25) is 0 Å². The summed E-state index contributed by atoms with van der Waals surface area (Å²) in [4.78, 5) is 12.0. The number of nitrogens with one attached hydrogen (secondary N) is 1. The molecule has 3 rings (SSSR count). The molecule has 0 aliphatic rings. The van der Waals surface area contributed by atoms with Gasteiger partial charge in [-0.1, -0.05) is 12.1 Å². The molecule has 0 fully saturated rings. The van der Waals surface area contributed by atoms with Gasteiger partial charge in [-0.2, -0.15) is 10.4 Å². The fraction of sp³-hybridized carbons (Fsp3) is 0.192. The van der Waals surface area contributed by atoms with Crippen molar-refractivity contribution in [2.24, 2.45) is 5.10 Å².